The van der Waals surface area contributed by atoms with E-state index in [2.05, 4.69) is 0 Å². The smallest absolute Gasteiger partial charge is 0.268 e. The van der Waals surface area contributed by atoms with Gasteiger partial charge in [0.25, 0.3) is 11.5 Å². The number of hydrogen-bond donors (Lipinski definition) is 2. The molecule has 0 aliphatic carbocycles. The summed E-state index contributed by atoms with van der Waals surface area (Å²) >= 11 is 1.43. The third-order valence-corrected chi connectivity index (χ3v) is 5.66. The number of phenols is 2. The molecule has 0 spiro atoms. The standard InChI is InChI=1S/C14H14O2S.2C7H8O.Ni/c1-9-3-5-11(15)13(7-9)17-14-8-10(2)4-6-12(14)16;2*1-6-2-4-7(8)5-3-6;/h3-8,15-16H,1-2H3;2*2-5,8H,1H3;/p+2. The van der Waals surface area contributed by atoms with Gasteiger partial charge in [-0.25, -0.2) is 0 Å². The van der Waals surface area contributed by atoms with Crippen molar-refractivity contribution in [1.29, 1.82) is 0 Å². The molecule has 0 atom stereocenters. The van der Waals surface area contributed by atoms with Crippen LogP contribution in [0.3, 0.4) is 0 Å². The molecule has 4 rings (SSSR count). The van der Waals surface area contributed by atoms with Crippen LogP contribution in [-0.2, 0) is 16.5 Å². The molecule has 0 unspecified atom stereocenters. The van der Waals surface area contributed by atoms with Crippen LogP contribution in [0.5, 0.6) is 23.0 Å². The van der Waals surface area contributed by atoms with Gasteiger partial charge in [0.15, 0.2) is 0 Å². The predicted octanol–water partition coefficient (Wildman–Crippen LogP) is 6.73. The molecular formula is C28H32NiO4S+2. The summed E-state index contributed by atoms with van der Waals surface area (Å²) in [5.41, 5.74) is 4.60. The number of benzene rings is 4. The molecular weight excluding hydrogens is 491 g/mol. The van der Waals surface area contributed by atoms with Crippen LogP contribution in [0.25, 0.3) is 0 Å². The van der Waals surface area contributed by atoms with Crippen LogP contribution in [0.4, 0.5) is 0 Å². The maximum absolute atomic E-state index is 9.77. The Bertz CT molecular complexity index is 1030. The Labute approximate surface area is 215 Å². The second-order valence-corrected chi connectivity index (χ2v) is 8.86. The van der Waals surface area contributed by atoms with E-state index < -0.39 is 0 Å². The first-order chi connectivity index (χ1) is 15.6. The predicted molar refractivity (Wildman–Crippen MR) is 138 cm³/mol. The van der Waals surface area contributed by atoms with E-state index in [1.165, 1.54) is 22.9 Å². The van der Waals surface area contributed by atoms with Crippen molar-refractivity contribution in [3.05, 3.63) is 107 Å². The van der Waals surface area contributed by atoms with Gasteiger partial charge >= 0.3 is 0 Å². The fourth-order valence-electron chi connectivity index (χ4n) is 2.63. The molecule has 6 heteroatoms. The molecule has 34 heavy (non-hydrogen) atoms. The normalized spacial score (nSPS) is 9.53. The van der Waals surface area contributed by atoms with Gasteiger partial charge in [-0.2, -0.15) is 0 Å². The Morgan fingerprint density at radius 1 is 0.559 bits per heavy atom. The zero-order chi connectivity index (χ0) is 24.4. The number of aryl methyl sites for hydroxylation is 4. The van der Waals surface area contributed by atoms with Crippen molar-refractivity contribution in [2.45, 2.75) is 37.5 Å². The molecule has 0 aliphatic heterocycles. The van der Waals surface area contributed by atoms with Crippen molar-refractivity contribution >= 4 is 11.8 Å². The minimum atomic E-state index is 0. The molecule has 6 N–H and O–H groups in total. The van der Waals surface area contributed by atoms with Gasteiger partial charge in [0.2, 0.25) is 0 Å². The summed E-state index contributed by atoms with van der Waals surface area (Å²) in [6, 6.07) is 25.7. The third-order valence-electron chi connectivity index (χ3n) is 4.56. The molecule has 0 radical (unpaired) electrons. The van der Waals surface area contributed by atoms with Crippen molar-refractivity contribution in [3.63, 3.8) is 0 Å². The molecule has 0 aliphatic rings. The van der Waals surface area contributed by atoms with Gasteiger partial charge < -0.3 is 20.4 Å². The van der Waals surface area contributed by atoms with Crippen LogP contribution < -0.4 is 0 Å². The quantitative estimate of drug-likeness (QED) is 0.226. The van der Waals surface area contributed by atoms with Crippen molar-refractivity contribution in [3.8, 4) is 23.0 Å². The van der Waals surface area contributed by atoms with Crippen molar-refractivity contribution in [2.24, 2.45) is 0 Å². The van der Waals surface area contributed by atoms with E-state index in [1.54, 1.807) is 36.4 Å². The fraction of sp³-hybridized carbons (Fsp3) is 0.143. The molecule has 0 aromatic heterocycles. The van der Waals surface area contributed by atoms with Crippen LogP contribution in [0.15, 0.2) is 94.7 Å². The second-order valence-electron chi connectivity index (χ2n) is 7.77. The molecule has 0 heterocycles. The van der Waals surface area contributed by atoms with Crippen molar-refractivity contribution in [1.82, 2.24) is 0 Å². The van der Waals surface area contributed by atoms with Gasteiger partial charge in [0.1, 0.15) is 16.4 Å². The third kappa shape index (κ3) is 10.2. The maximum Gasteiger partial charge on any atom is 0.268 e. The van der Waals surface area contributed by atoms with Crippen molar-refractivity contribution in [2.75, 3.05) is 0 Å². The Morgan fingerprint density at radius 3 is 1.50 bits per heavy atom. The van der Waals surface area contributed by atoms with Gasteiger partial charge in [-0.15, -0.1) is 0 Å². The summed E-state index contributed by atoms with van der Waals surface area (Å²) in [6.07, 6.45) is 0. The number of hydrogen-bond acceptors (Lipinski definition) is 3. The van der Waals surface area contributed by atoms with Gasteiger partial charge in [-0.3, -0.25) is 0 Å². The Hall–Kier alpha value is -3.08. The summed E-state index contributed by atoms with van der Waals surface area (Å²) < 4.78 is 0. The first kappa shape index (κ1) is 29.0. The average Bonchev–Trinajstić information content (AvgIpc) is 2.78. The van der Waals surface area contributed by atoms with E-state index in [0.29, 0.717) is 17.2 Å². The fourth-order valence-corrected chi connectivity index (χ4v) is 3.71. The zero-order valence-corrected chi connectivity index (χ0v) is 21.5. The van der Waals surface area contributed by atoms with Crippen molar-refractivity contribution < 1.29 is 36.9 Å². The molecule has 0 fully saturated rings. The second kappa shape index (κ2) is 14.2. The summed E-state index contributed by atoms with van der Waals surface area (Å²) in [4.78, 5) is 1.66. The zero-order valence-electron chi connectivity index (χ0n) is 19.7. The summed E-state index contributed by atoms with van der Waals surface area (Å²) in [5.74, 6) is 1.66. The van der Waals surface area contributed by atoms with Gasteiger partial charge in [-0.1, -0.05) is 59.3 Å². The molecule has 0 amide bonds. The minimum absolute atomic E-state index is 0. The summed E-state index contributed by atoms with van der Waals surface area (Å²) in [5, 5.41) is 33.5. The molecule has 0 bridgehead atoms. The monoisotopic (exact) mass is 522 g/mol. The Morgan fingerprint density at radius 2 is 1.00 bits per heavy atom. The average molecular weight is 523 g/mol. The van der Waals surface area contributed by atoms with Crippen LogP contribution >= 0.6 is 11.8 Å². The van der Waals surface area contributed by atoms with E-state index in [-0.39, 0.29) is 22.2 Å². The van der Waals surface area contributed by atoms with Crippen LogP contribution in [0, 0.1) is 27.7 Å². The van der Waals surface area contributed by atoms with Crippen LogP contribution in [-0.4, -0.2) is 20.4 Å². The van der Waals surface area contributed by atoms with Gasteiger partial charge in [0, 0.05) is 34.7 Å². The van der Waals surface area contributed by atoms with Crippen LogP contribution in [0.1, 0.15) is 22.3 Å². The van der Waals surface area contributed by atoms with E-state index >= 15 is 0 Å². The maximum atomic E-state index is 9.77. The molecule has 0 saturated heterocycles. The molecule has 0 saturated carbocycles. The molecule has 182 valence electrons. The first-order valence-electron chi connectivity index (χ1n) is 10.5. The Balaban J connectivity index is 0.000000285. The Kier molecular flexibility index (Phi) is 12.1. The van der Waals surface area contributed by atoms with E-state index in [9.17, 15) is 5.11 Å². The molecule has 4 aromatic rings. The van der Waals surface area contributed by atoms with E-state index in [4.69, 9.17) is 15.3 Å². The summed E-state index contributed by atoms with van der Waals surface area (Å²) in [6.45, 7) is 7.99. The SMILES string of the molecule is Cc1ccc(O)c(Sc2cc(C)ccc2[OH2+])c1.Cc1ccc(O)cc1.Cc1ccc([OH2+])cc1.[Ni]. The van der Waals surface area contributed by atoms with Gasteiger partial charge in [0.05, 0.1) is 4.90 Å². The number of aromatic hydroxyl groups is 2. The minimum Gasteiger partial charge on any atom is -0.593 e. The van der Waals surface area contributed by atoms with Gasteiger partial charge in [-0.05, 0) is 69.2 Å². The number of rotatable bonds is 2. The molecule has 4 aromatic carbocycles. The summed E-state index contributed by atoms with van der Waals surface area (Å²) in [7, 11) is 0. The van der Waals surface area contributed by atoms with E-state index in [0.717, 1.165) is 20.9 Å². The van der Waals surface area contributed by atoms with E-state index in [1.807, 2.05) is 76.2 Å². The number of phenolic OH excluding ortho intramolecular Hbond substituents is 2. The van der Waals surface area contributed by atoms with Crippen LogP contribution in [0.2, 0.25) is 0 Å². The first-order valence-corrected chi connectivity index (χ1v) is 11.3. The topological polar surface area (TPSA) is 86.3 Å². The largest absolute Gasteiger partial charge is 0.593 e. The molecule has 4 nitrogen and oxygen atoms in total.